The first-order valence-electron chi connectivity index (χ1n) is 2.91. The van der Waals surface area contributed by atoms with Gasteiger partial charge in [0.2, 0.25) is 0 Å². The van der Waals surface area contributed by atoms with E-state index in [1.807, 2.05) is 0 Å². The van der Waals surface area contributed by atoms with Crippen LogP contribution in [0.5, 0.6) is 0 Å². The lowest BCUT2D eigenvalue weighted by atomic mass is 10.6. The molecule has 0 spiro atoms. The lowest BCUT2D eigenvalue weighted by Crippen LogP contribution is -2.38. The SMILES string of the molecule is CN1C(=O)CN(C(N)=O)C1=O. The minimum Gasteiger partial charge on any atom is -0.351 e. The molecule has 1 fully saturated rings. The Balaban J connectivity index is 2.83. The minimum atomic E-state index is -0.896. The first kappa shape index (κ1) is 7.52. The van der Waals surface area contributed by atoms with Crippen LogP contribution in [0.25, 0.3) is 0 Å². The van der Waals surface area contributed by atoms with Crippen molar-refractivity contribution in [3.05, 3.63) is 0 Å². The summed E-state index contributed by atoms with van der Waals surface area (Å²) in [5.74, 6) is -0.422. The molecule has 0 aromatic carbocycles. The first-order valence-corrected chi connectivity index (χ1v) is 2.91. The van der Waals surface area contributed by atoms with Gasteiger partial charge in [-0.1, -0.05) is 0 Å². The summed E-state index contributed by atoms with van der Waals surface area (Å²) in [6.45, 7) is -0.245. The fourth-order valence-corrected chi connectivity index (χ4v) is 0.769. The largest absolute Gasteiger partial charge is 0.351 e. The van der Waals surface area contributed by atoms with Gasteiger partial charge in [-0.2, -0.15) is 0 Å². The van der Waals surface area contributed by atoms with Crippen LogP contribution in [0, 0.1) is 0 Å². The van der Waals surface area contributed by atoms with Crippen LogP contribution in [0.4, 0.5) is 9.59 Å². The molecule has 0 aliphatic carbocycles. The Hall–Kier alpha value is -1.59. The molecule has 11 heavy (non-hydrogen) atoms. The highest BCUT2D eigenvalue weighted by atomic mass is 16.2. The predicted octanol–water partition coefficient (Wildman–Crippen LogP) is -1.04. The van der Waals surface area contributed by atoms with Gasteiger partial charge >= 0.3 is 12.1 Å². The number of likely N-dealkylation sites (N-methyl/N-ethyl adjacent to an activating group) is 1. The van der Waals surface area contributed by atoms with Gasteiger partial charge in [0.15, 0.2) is 0 Å². The molecular weight excluding hydrogens is 150 g/mol. The highest BCUT2D eigenvalue weighted by molar-refractivity contribution is 6.09. The molecule has 1 rings (SSSR count). The molecule has 6 heteroatoms. The Morgan fingerprint density at radius 3 is 2.27 bits per heavy atom. The molecule has 0 aromatic heterocycles. The quantitative estimate of drug-likeness (QED) is 0.456. The molecule has 60 valence electrons. The molecule has 0 aromatic rings. The number of rotatable bonds is 0. The third kappa shape index (κ3) is 1.02. The van der Waals surface area contributed by atoms with Crippen molar-refractivity contribution in [3.8, 4) is 0 Å². The number of primary amides is 1. The van der Waals surface area contributed by atoms with Gasteiger partial charge in [0.05, 0.1) is 0 Å². The first-order chi connectivity index (χ1) is 5.04. The summed E-state index contributed by atoms with van der Waals surface area (Å²) in [6, 6.07) is -1.56. The Labute approximate surface area is 62.5 Å². The van der Waals surface area contributed by atoms with E-state index in [-0.39, 0.29) is 6.54 Å². The lowest BCUT2D eigenvalue weighted by molar-refractivity contribution is -0.124. The van der Waals surface area contributed by atoms with Gasteiger partial charge in [0.25, 0.3) is 5.91 Å². The van der Waals surface area contributed by atoms with Crippen molar-refractivity contribution >= 4 is 18.0 Å². The zero-order valence-electron chi connectivity index (χ0n) is 5.90. The van der Waals surface area contributed by atoms with E-state index in [2.05, 4.69) is 0 Å². The summed E-state index contributed by atoms with van der Waals surface area (Å²) in [5.41, 5.74) is 4.80. The third-order valence-electron chi connectivity index (χ3n) is 1.45. The zero-order valence-corrected chi connectivity index (χ0v) is 5.90. The highest BCUT2D eigenvalue weighted by Crippen LogP contribution is 2.05. The molecule has 1 aliphatic rings. The van der Waals surface area contributed by atoms with Gasteiger partial charge in [0, 0.05) is 7.05 Å². The van der Waals surface area contributed by atoms with E-state index in [9.17, 15) is 14.4 Å². The molecule has 2 N–H and O–H groups in total. The van der Waals surface area contributed by atoms with Crippen LogP contribution in [-0.4, -0.2) is 41.4 Å². The standard InChI is InChI=1S/C5H7N3O3/c1-7-3(9)2-8(4(6)10)5(7)11/h2H2,1H3,(H2,6,10). The molecule has 0 bridgehead atoms. The van der Waals surface area contributed by atoms with E-state index in [0.29, 0.717) is 4.90 Å². The average Bonchev–Trinajstić information content (AvgIpc) is 2.17. The predicted molar refractivity (Wildman–Crippen MR) is 34.5 cm³/mol. The molecule has 1 aliphatic heterocycles. The van der Waals surface area contributed by atoms with Crippen molar-refractivity contribution in [1.29, 1.82) is 0 Å². The molecule has 0 radical (unpaired) electrons. The minimum absolute atomic E-state index is 0.245. The topological polar surface area (TPSA) is 83.7 Å². The summed E-state index contributed by atoms with van der Waals surface area (Å²) in [7, 11) is 1.30. The lowest BCUT2D eigenvalue weighted by Gasteiger charge is -2.08. The third-order valence-corrected chi connectivity index (χ3v) is 1.45. The fourth-order valence-electron chi connectivity index (χ4n) is 0.769. The van der Waals surface area contributed by atoms with E-state index in [0.717, 1.165) is 4.90 Å². The van der Waals surface area contributed by atoms with Crippen LogP contribution in [0.3, 0.4) is 0 Å². The van der Waals surface area contributed by atoms with Crippen molar-refractivity contribution in [1.82, 2.24) is 9.80 Å². The van der Waals surface area contributed by atoms with Crippen LogP contribution in [0.15, 0.2) is 0 Å². The molecule has 0 saturated carbocycles. The number of carbonyl (C=O) groups is 3. The summed E-state index contributed by atoms with van der Waals surface area (Å²) in [6.07, 6.45) is 0. The van der Waals surface area contributed by atoms with E-state index in [1.54, 1.807) is 0 Å². The number of hydrogen-bond donors (Lipinski definition) is 1. The van der Waals surface area contributed by atoms with Gasteiger partial charge in [-0.25, -0.2) is 14.5 Å². The van der Waals surface area contributed by atoms with Gasteiger partial charge in [0.1, 0.15) is 6.54 Å². The monoisotopic (exact) mass is 157 g/mol. The zero-order chi connectivity index (χ0) is 8.59. The summed E-state index contributed by atoms with van der Waals surface area (Å²) >= 11 is 0. The molecule has 1 saturated heterocycles. The summed E-state index contributed by atoms with van der Waals surface area (Å²) in [4.78, 5) is 33.6. The second kappa shape index (κ2) is 2.22. The van der Waals surface area contributed by atoms with E-state index in [1.165, 1.54) is 7.05 Å². The number of imide groups is 2. The number of hydrogen-bond acceptors (Lipinski definition) is 3. The van der Waals surface area contributed by atoms with E-state index < -0.39 is 18.0 Å². The molecule has 5 amide bonds. The number of amides is 5. The molecule has 0 atom stereocenters. The summed E-state index contributed by atoms with van der Waals surface area (Å²) < 4.78 is 0. The van der Waals surface area contributed by atoms with Gasteiger partial charge in [-0.05, 0) is 0 Å². The van der Waals surface area contributed by atoms with Crippen molar-refractivity contribution in [3.63, 3.8) is 0 Å². The fraction of sp³-hybridized carbons (Fsp3) is 0.400. The molecular formula is C5H7N3O3. The van der Waals surface area contributed by atoms with Crippen molar-refractivity contribution in [2.45, 2.75) is 0 Å². The second-order valence-electron chi connectivity index (χ2n) is 2.16. The highest BCUT2D eigenvalue weighted by Gasteiger charge is 2.35. The van der Waals surface area contributed by atoms with Gasteiger partial charge < -0.3 is 5.73 Å². The van der Waals surface area contributed by atoms with Crippen LogP contribution < -0.4 is 5.73 Å². The summed E-state index contributed by atoms with van der Waals surface area (Å²) in [5, 5.41) is 0. The number of carbonyl (C=O) groups excluding carboxylic acids is 3. The molecule has 1 heterocycles. The Morgan fingerprint density at radius 2 is 2.09 bits per heavy atom. The maximum Gasteiger partial charge on any atom is 0.335 e. The van der Waals surface area contributed by atoms with Crippen molar-refractivity contribution in [2.75, 3.05) is 13.6 Å². The van der Waals surface area contributed by atoms with Crippen LogP contribution >= 0.6 is 0 Å². The number of nitrogens with zero attached hydrogens (tertiary/aromatic N) is 2. The van der Waals surface area contributed by atoms with E-state index in [4.69, 9.17) is 5.73 Å². The van der Waals surface area contributed by atoms with Crippen LogP contribution in [0.1, 0.15) is 0 Å². The van der Waals surface area contributed by atoms with Gasteiger partial charge in [-0.3, -0.25) is 9.69 Å². The van der Waals surface area contributed by atoms with Crippen molar-refractivity contribution < 1.29 is 14.4 Å². The Kier molecular flexibility index (Phi) is 1.52. The van der Waals surface area contributed by atoms with Gasteiger partial charge in [-0.15, -0.1) is 0 Å². The Morgan fingerprint density at radius 1 is 1.55 bits per heavy atom. The number of nitrogens with two attached hydrogens (primary N) is 1. The molecule has 6 nitrogen and oxygen atoms in total. The smallest absolute Gasteiger partial charge is 0.335 e. The van der Waals surface area contributed by atoms with E-state index >= 15 is 0 Å². The Bertz CT molecular complexity index is 237. The van der Waals surface area contributed by atoms with Crippen LogP contribution in [-0.2, 0) is 4.79 Å². The number of urea groups is 2. The molecule has 0 unspecified atom stereocenters. The second-order valence-corrected chi connectivity index (χ2v) is 2.16. The maximum absolute atomic E-state index is 10.9. The van der Waals surface area contributed by atoms with Crippen molar-refractivity contribution in [2.24, 2.45) is 5.73 Å². The average molecular weight is 157 g/mol. The normalized spacial score (nSPS) is 17.9. The van der Waals surface area contributed by atoms with Crippen LogP contribution in [0.2, 0.25) is 0 Å². The maximum atomic E-state index is 10.9.